The maximum absolute atomic E-state index is 11.9. The Morgan fingerprint density at radius 1 is 1.50 bits per heavy atom. The minimum absolute atomic E-state index is 0.283. The quantitative estimate of drug-likeness (QED) is 0.468. The molecule has 1 aliphatic heterocycles. The molecule has 1 amide bonds. The monoisotopic (exact) mass is 250 g/mol. The molecule has 4 N–H and O–H groups in total. The molecule has 0 radical (unpaired) electrons. The minimum Gasteiger partial charge on any atom is -0.423 e. The summed E-state index contributed by atoms with van der Waals surface area (Å²) in [4.78, 5) is 11.9. The molecule has 7 heteroatoms. The van der Waals surface area contributed by atoms with Crippen LogP contribution in [0.1, 0.15) is 10.4 Å². The van der Waals surface area contributed by atoms with E-state index in [0.717, 1.165) is 6.54 Å². The molecule has 1 atom stereocenters. The van der Waals surface area contributed by atoms with Crippen molar-refractivity contribution in [1.82, 2.24) is 10.6 Å². The van der Waals surface area contributed by atoms with Crippen molar-refractivity contribution in [3.05, 3.63) is 29.8 Å². The van der Waals surface area contributed by atoms with Gasteiger partial charge in [0.1, 0.15) is 6.23 Å². The predicted molar refractivity (Wildman–Crippen MR) is 66.3 cm³/mol. The summed E-state index contributed by atoms with van der Waals surface area (Å²) in [5, 5.41) is 23.9. The molecule has 1 aromatic rings. The van der Waals surface area contributed by atoms with Crippen molar-refractivity contribution in [3.63, 3.8) is 0 Å². The van der Waals surface area contributed by atoms with Gasteiger partial charge in [0, 0.05) is 18.7 Å². The fourth-order valence-electron chi connectivity index (χ4n) is 1.73. The van der Waals surface area contributed by atoms with E-state index >= 15 is 0 Å². The Kier molecular flexibility index (Phi) is 4.32. The fourth-order valence-corrected chi connectivity index (χ4v) is 1.73. The van der Waals surface area contributed by atoms with Crippen LogP contribution in [-0.2, 0) is 4.74 Å². The second-order valence-corrected chi connectivity index (χ2v) is 4.04. The van der Waals surface area contributed by atoms with Gasteiger partial charge in [-0.2, -0.15) is 0 Å². The summed E-state index contributed by atoms with van der Waals surface area (Å²) >= 11 is 0. The average molecular weight is 250 g/mol. The molecule has 0 saturated carbocycles. The van der Waals surface area contributed by atoms with E-state index in [1.165, 1.54) is 6.07 Å². The smallest absolute Gasteiger partial charge is 0.423 e. The predicted octanol–water partition coefficient (Wildman–Crippen LogP) is -1.96. The largest absolute Gasteiger partial charge is 0.488 e. The molecule has 1 unspecified atom stereocenters. The Hall–Kier alpha value is -1.41. The van der Waals surface area contributed by atoms with Crippen molar-refractivity contribution in [2.75, 3.05) is 19.7 Å². The van der Waals surface area contributed by atoms with Crippen LogP contribution in [0.25, 0.3) is 0 Å². The molecular weight excluding hydrogens is 235 g/mol. The third-order valence-electron chi connectivity index (χ3n) is 2.67. The fraction of sp³-hybridized carbons (Fsp3) is 0.364. The van der Waals surface area contributed by atoms with Gasteiger partial charge in [0.05, 0.1) is 6.61 Å². The summed E-state index contributed by atoms with van der Waals surface area (Å²) in [6, 6.07) is 6.19. The van der Waals surface area contributed by atoms with E-state index in [0.29, 0.717) is 18.7 Å². The van der Waals surface area contributed by atoms with Crippen molar-refractivity contribution in [2.24, 2.45) is 0 Å². The van der Waals surface area contributed by atoms with Gasteiger partial charge in [-0.15, -0.1) is 0 Å². The number of rotatable bonds is 3. The first kappa shape index (κ1) is 13.0. The number of carbonyl (C=O) groups is 1. The zero-order valence-electron chi connectivity index (χ0n) is 9.80. The summed E-state index contributed by atoms with van der Waals surface area (Å²) in [6.45, 7) is 1.90. The molecule has 1 heterocycles. The lowest BCUT2D eigenvalue weighted by atomic mass is 9.79. The Labute approximate surface area is 105 Å². The van der Waals surface area contributed by atoms with E-state index in [9.17, 15) is 4.79 Å². The first-order valence-electron chi connectivity index (χ1n) is 5.76. The van der Waals surface area contributed by atoms with Gasteiger partial charge in [-0.25, -0.2) is 0 Å². The summed E-state index contributed by atoms with van der Waals surface area (Å²) in [7, 11) is -1.58. The first-order valence-corrected chi connectivity index (χ1v) is 5.76. The molecule has 18 heavy (non-hydrogen) atoms. The highest BCUT2D eigenvalue weighted by Crippen LogP contribution is 2.00. The number of morpholine rings is 1. The van der Waals surface area contributed by atoms with Crippen LogP contribution in [0.5, 0.6) is 0 Å². The number of hydrogen-bond donors (Lipinski definition) is 4. The number of benzene rings is 1. The van der Waals surface area contributed by atoms with Crippen LogP contribution >= 0.6 is 0 Å². The molecule has 0 aliphatic carbocycles. The molecule has 0 aromatic heterocycles. The molecule has 0 spiro atoms. The standard InChI is InChI=1S/C11H15BN2O4/c15-11(14-10-7-13-4-5-18-10)8-2-1-3-9(6-8)12(16)17/h1-3,6,10,13,16-17H,4-5,7H2,(H,14,15). The van der Waals surface area contributed by atoms with E-state index in [4.69, 9.17) is 14.8 Å². The lowest BCUT2D eigenvalue weighted by molar-refractivity contribution is 0.00835. The molecule has 1 saturated heterocycles. The Balaban J connectivity index is 2.01. The average Bonchev–Trinajstić information content (AvgIpc) is 2.40. The Morgan fingerprint density at radius 2 is 2.33 bits per heavy atom. The second-order valence-electron chi connectivity index (χ2n) is 4.04. The number of ether oxygens (including phenoxy) is 1. The van der Waals surface area contributed by atoms with Gasteiger partial charge in [-0.1, -0.05) is 12.1 Å². The van der Waals surface area contributed by atoms with Gasteiger partial charge in [0.15, 0.2) is 0 Å². The van der Waals surface area contributed by atoms with Gasteiger partial charge in [-0.3, -0.25) is 4.79 Å². The van der Waals surface area contributed by atoms with Crippen molar-refractivity contribution in [3.8, 4) is 0 Å². The highest BCUT2D eigenvalue weighted by Gasteiger charge is 2.18. The lowest BCUT2D eigenvalue weighted by Crippen LogP contribution is -2.49. The number of nitrogens with one attached hydrogen (secondary N) is 2. The normalized spacial score (nSPS) is 19.3. The van der Waals surface area contributed by atoms with Gasteiger partial charge >= 0.3 is 7.12 Å². The zero-order valence-corrected chi connectivity index (χ0v) is 9.80. The topological polar surface area (TPSA) is 90.8 Å². The Morgan fingerprint density at radius 3 is 3.00 bits per heavy atom. The van der Waals surface area contributed by atoms with E-state index < -0.39 is 7.12 Å². The van der Waals surface area contributed by atoms with Crippen molar-refractivity contribution >= 4 is 18.5 Å². The third kappa shape index (κ3) is 3.30. The summed E-state index contributed by atoms with van der Waals surface area (Å²) in [6.07, 6.45) is -0.353. The zero-order chi connectivity index (χ0) is 13.0. The third-order valence-corrected chi connectivity index (χ3v) is 2.67. The van der Waals surface area contributed by atoms with Gasteiger partial charge in [0.25, 0.3) is 5.91 Å². The number of hydrogen-bond acceptors (Lipinski definition) is 5. The lowest BCUT2D eigenvalue weighted by Gasteiger charge is -2.24. The van der Waals surface area contributed by atoms with Gasteiger partial charge < -0.3 is 25.4 Å². The van der Waals surface area contributed by atoms with Crippen LogP contribution in [-0.4, -0.2) is 49.0 Å². The summed E-state index contributed by atoms with van der Waals surface area (Å²) in [5.74, 6) is -0.300. The molecule has 1 aromatic carbocycles. The highest BCUT2D eigenvalue weighted by atomic mass is 16.5. The summed E-state index contributed by atoms with van der Waals surface area (Å²) in [5.41, 5.74) is 0.653. The van der Waals surface area contributed by atoms with Crippen LogP contribution in [0.3, 0.4) is 0 Å². The number of carbonyl (C=O) groups excluding carboxylic acids is 1. The van der Waals surface area contributed by atoms with Gasteiger partial charge in [-0.05, 0) is 17.6 Å². The van der Waals surface area contributed by atoms with Gasteiger partial charge in [0.2, 0.25) is 0 Å². The van der Waals surface area contributed by atoms with Crippen molar-refractivity contribution in [2.45, 2.75) is 6.23 Å². The molecule has 1 aliphatic rings. The van der Waals surface area contributed by atoms with Crippen molar-refractivity contribution < 1.29 is 19.6 Å². The molecule has 96 valence electrons. The number of amides is 1. The molecular formula is C11H15BN2O4. The van der Waals surface area contributed by atoms with Crippen LogP contribution in [0.4, 0.5) is 0 Å². The van der Waals surface area contributed by atoms with Crippen LogP contribution in [0.15, 0.2) is 24.3 Å². The van der Waals surface area contributed by atoms with E-state index in [-0.39, 0.29) is 17.6 Å². The maximum atomic E-state index is 11.9. The molecule has 0 bridgehead atoms. The minimum atomic E-state index is -1.58. The molecule has 1 fully saturated rings. The SMILES string of the molecule is O=C(NC1CNCCO1)c1cccc(B(O)O)c1. The summed E-state index contributed by atoms with van der Waals surface area (Å²) < 4.78 is 5.35. The van der Waals surface area contributed by atoms with Crippen LogP contribution in [0.2, 0.25) is 0 Å². The molecule has 2 rings (SSSR count). The van der Waals surface area contributed by atoms with Crippen LogP contribution in [0, 0.1) is 0 Å². The van der Waals surface area contributed by atoms with E-state index in [1.807, 2.05) is 0 Å². The van der Waals surface area contributed by atoms with E-state index in [1.54, 1.807) is 18.2 Å². The van der Waals surface area contributed by atoms with Crippen LogP contribution < -0.4 is 16.1 Å². The van der Waals surface area contributed by atoms with Crippen molar-refractivity contribution in [1.29, 1.82) is 0 Å². The maximum Gasteiger partial charge on any atom is 0.488 e. The van der Waals surface area contributed by atoms with E-state index in [2.05, 4.69) is 10.6 Å². The first-order chi connectivity index (χ1) is 8.66. The Bertz CT molecular complexity index is 421. The highest BCUT2D eigenvalue weighted by molar-refractivity contribution is 6.58. The molecule has 6 nitrogen and oxygen atoms in total. The second kappa shape index (κ2) is 5.97.